The normalized spacial score (nSPS) is 17.9. The lowest BCUT2D eigenvalue weighted by molar-refractivity contribution is -0.113. The molecule has 0 saturated carbocycles. The van der Waals surface area contributed by atoms with Crippen LogP contribution >= 0.6 is 11.6 Å². The maximum Gasteiger partial charge on any atom is 0.239 e. The number of halogens is 2. The van der Waals surface area contributed by atoms with E-state index in [2.05, 4.69) is 5.32 Å². The smallest absolute Gasteiger partial charge is 0.239 e. The fraction of sp³-hybridized carbons (Fsp3) is 0.417. The number of rotatable bonds is 3. The Morgan fingerprint density at radius 3 is 2.94 bits per heavy atom. The number of carbonyl (C=O) groups is 1. The zero-order valence-corrected chi connectivity index (χ0v) is 9.93. The Morgan fingerprint density at radius 2 is 2.29 bits per heavy atom. The van der Waals surface area contributed by atoms with Crippen molar-refractivity contribution in [1.29, 1.82) is 0 Å². The zero-order chi connectivity index (χ0) is 12.4. The number of fused-ring (bicyclic) bond motifs is 1. The number of anilines is 1. The Labute approximate surface area is 104 Å². The molecule has 0 aliphatic heterocycles. The molecule has 1 aromatic rings. The van der Waals surface area contributed by atoms with Crippen molar-refractivity contribution in [3.8, 4) is 0 Å². The van der Waals surface area contributed by atoms with Gasteiger partial charge < -0.3 is 10.4 Å². The van der Waals surface area contributed by atoms with Crippen molar-refractivity contribution < 1.29 is 14.3 Å². The fourth-order valence-corrected chi connectivity index (χ4v) is 2.24. The summed E-state index contributed by atoms with van der Waals surface area (Å²) in [5, 5.41) is 11.6. The predicted octanol–water partition coefficient (Wildman–Crippen LogP) is 1.71. The largest absolute Gasteiger partial charge is 0.396 e. The van der Waals surface area contributed by atoms with Gasteiger partial charge in [-0.2, -0.15) is 0 Å². The quantitative estimate of drug-likeness (QED) is 0.810. The van der Waals surface area contributed by atoms with Crippen LogP contribution in [-0.2, 0) is 17.6 Å². The van der Waals surface area contributed by atoms with Gasteiger partial charge in [0.15, 0.2) is 0 Å². The number of aliphatic hydroxyl groups is 1. The van der Waals surface area contributed by atoms with Gasteiger partial charge in [-0.3, -0.25) is 4.79 Å². The second-order valence-electron chi connectivity index (χ2n) is 4.23. The van der Waals surface area contributed by atoms with Gasteiger partial charge >= 0.3 is 0 Å². The minimum absolute atomic E-state index is 0.0531. The number of amides is 1. The van der Waals surface area contributed by atoms with Crippen LogP contribution in [0, 0.1) is 11.7 Å². The molecule has 1 atom stereocenters. The Hall–Kier alpha value is -1.13. The van der Waals surface area contributed by atoms with Gasteiger partial charge in [-0.05, 0) is 42.0 Å². The van der Waals surface area contributed by atoms with Crippen LogP contribution in [-0.4, -0.2) is 23.5 Å². The molecule has 0 spiro atoms. The molecular formula is C12H13ClFNO2. The van der Waals surface area contributed by atoms with Crippen LogP contribution in [0.4, 0.5) is 10.1 Å². The first-order valence-electron chi connectivity index (χ1n) is 5.42. The molecule has 17 heavy (non-hydrogen) atoms. The van der Waals surface area contributed by atoms with E-state index in [0.717, 1.165) is 5.56 Å². The number of aliphatic hydroxyl groups excluding tert-OH is 1. The standard InChI is InChI=1S/C12H13ClFNO2/c13-5-12(17)15-9-3-8-1-7(6-16)2-10(8)11(14)4-9/h3-4,7,16H,1-2,5-6H2,(H,15,17). The van der Waals surface area contributed by atoms with Gasteiger partial charge in [-0.15, -0.1) is 11.6 Å². The molecule has 2 rings (SSSR count). The van der Waals surface area contributed by atoms with E-state index in [-0.39, 0.29) is 30.1 Å². The van der Waals surface area contributed by atoms with Gasteiger partial charge in [-0.1, -0.05) is 0 Å². The number of carbonyl (C=O) groups excluding carboxylic acids is 1. The van der Waals surface area contributed by atoms with Crippen molar-refractivity contribution in [2.24, 2.45) is 5.92 Å². The summed E-state index contributed by atoms with van der Waals surface area (Å²) in [7, 11) is 0. The molecule has 1 aliphatic rings. The van der Waals surface area contributed by atoms with Crippen molar-refractivity contribution in [3.05, 3.63) is 29.1 Å². The number of hydrogen-bond acceptors (Lipinski definition) is 2. The third kappa shape index (κ3) is 2.58. The summed E-state index contributed by atoms with van der Waals surface area (Å²) >= 11 is 5.37. The molecular weight excluding hydrogens is 245 g/mol. The van der Waals surface area contributed by atoms with Crippen LogP contribution in [0.5, 0.6) is 0 Å². The highest BCUT2D eigenvalue weighted by molar-refractivity contribution is 6.29. The van der Waals surface area contributed by atoms with E-state index in [1.165, 1.54) is 6.07 Å². The highest BCUT2D eigenvalue weighted by atomic mass is 35.5. The first-order valence-corrected chi connectivity index (χ1v) is 5.95. The van der Waals surface area contributed by atoms with E-state index in [1.54, 1.807) is 6.07 Å². The highest BCUT2D eigenvalue weighted by Gasteiger charge is 2.24. The Bertz CT molecular complexity index is 450. The Kier molecular flexibility index (Phi) is 3.64. The molecule has 0 heterocycles. The van der Waals surface area contributed by atoms with Gasteiger partial charge in [0, 0.05) is 12.3 Å². The van der Waals surface area contributed by atoms with Crippen LogP contribution in [0.2, 0.25) is 0 Å². The van der Waals surface area contributed by atoms with Gasteiger partial charge in [0.25, 0.3) is 0 Å². The molecule has 2 N–H and O–H groups in total. The summed E-state index contributed by atoms with van der Waals surface area (Å²) in [6.07, 6.45) is 1.20. The van der Waals surface area contributed by atoms with Crippen molar-refractivity contribution >= 4 is 23.2 Å². The third-order valence-corrected chi connectivity index (χ3v) is 3.20. The molecule has 1 amide bonds. The van der Waals surface area contributed by atoms with E-state index < -0.39 is 0 Å². The molecule has 1 aliphatic carbocycles. The molecule has 1 unspecified atom stereocenters. The van der Waals surface area contributed by atoms with Crippen molar-refractivity contribution in [1.82, 2.24) is 0 Å². The lowest BCUT2D eigenvalue weighted by Gasteiger charge is -2.07. The van der Waals surface area contributed by atoms with Gasteiger partial charge in [0.2, 0.25) is 5.91 Å². The lowest BCUT2D eigenvalue weighted by Crippen LogP contribution is -2.13. The van der Waals surface area contributed by atoms with Crippen LogP contribution in [0.3, 0.4) is 0 Å². The molecule has 0 saturated heterocycles. The summed E-state index contributed by atoms with van der Waals surface area (Å²) in [6, 6.07) is 3.04. The van der Waals surface area contributed by atoms with E-state index >= 15 is 0 Å². The Balaban J connectivity index is 2.24. The second-order valence-corrected chi connectivity index (χ2v) is 4.50. The van der Waals surface area contributed by atoms with Crippen LogP contribution in [0.1, 0.15) is 11.1 Å². The number of benzene rings is 1. The van der Waals surface area contributed by atoms with Gasteiger partial charge in [-0.25, -0.2) is 4.39 Å². The molecule has 0 radical (unpaired) electrons. The summed E-state index contributed by atoms with van der Waals surface area (Å²) < 4.78 is 13.7. The first kappa shape index (κ1) is 12.3. The Morgan fingerprint density at radius 1 is 1.53 bits per heavy atom. The molecule has 0 bridgehead atoms. The number of alkyl halides is 1. The first-order chi connectivity index (χ1) is 8.13. The number of hydrogen-bond donors (Lipinski definition) is 2. The van der Waals surface area contributed by atoms with Gasteiger partial charge in [0.05, 0.1) is 0 Å². The van der Waals surface area contributed by atoms with Crippen molar-refractivity contribution in [3.63, 3.8) is 0 Å². The SMILES string of the molecule is O=C(CCl)Nc1cc(F)c2c(c1)CC(CO)C2. The van der Waals surface area contributed by atoms with Crippen LogP contribution < -0.4 is 5.32 Å². The monoisotopic (exact) mass is 257 g/mol. The zero-order valence-electron chi connectivity index (χ0n) is 9.17. The van der Waals surface area contributed by atoms with E-state index in [1.807, 2.05) is 0 Å². The lowest BCUT2D eigenvalue weighted by atomic mass is 10.1. The molecule has 0 fully saturated rings. The molecule has 3 nitrogen and oxygen atoms in total. The topological polar surface area (TPSA) is 49.3 Å². The van der Waals surface area contributed by atoms with Crippen molar-refractivity contribution in [2.45, 2.75) is 12.8 Å². The average Bonchev–Trinajstić information content (AvgIpc) is 2.72. The summed E-state index contributed by atoms with van der Waals surface area (Å²) in [4.78, 5) is 11.1. The molecule has 92 valence electrons. The second kappa shape index (κ2) is 5.02. The van der Waals surface area contributed by atoms with E-state index in [4.69, 9.17) is 16.7 Å². The van der Waals surface area contributed by atoms with E-state index in [0.29, 0.717) is 24.1 Å². The maximum atomic E-state index is 13.7. The van der Waals surface area contributed by atoms with Gasteiger partial charge in [0.1, 0.15) is 11.7 Å². The van der Waals surface area contributed by atoms with Crippen LogP contribution in [0.25, 0.3) is 0 Å². The maximum absolute atomic E-state index is 13.7. The summed E-state index contributed by atoms with van der Waals surface area (Å²) in [6.45, 7) is 0.0531. The summed E-state index contributed by atoms with van der Waals surface area (Å²) in [5.74, 6) is -0.762. The van der Waals surface area contributed by atoms with Crippen molar-refractivity contribution in [2.75, 3.05) is 17.8 Å². The minimum Gasteiger partial charge on any atom is -0.396 e. The predicted molar refractivity (Wildman–Crippen MR) is 63.7 cm³/mol. The fourth-order valence-electron chi connectivity index (χ4n) is 2.17. The molecule has 5 heteroatoms. The minimum atomic E-state index is -0.359. The molecule has 0 aromatic heterocycles. The number of nitrogens with one attached hydrogen (secondary N) is 1. The highest BCUT2D eigenvalue weighted by Crippen LogP contribution is 2.31. The summed E-state index contributed by atoms with van der Waals surface area (Å²) in [5.41, 5.74) is 1.92. The van der Waals surface area contributed by atoms with Crippen LogP contribution in [0.15, 0.2) is 12.1 Å². The van der Waals surface area contributed by atoms with E-state index in [9.17, 15) is 9.18 Å². The molecule has 1 aromatic carbocycles. The average molecular weight is 258 g/mol. The third-order valence-electron chi connectivity index (χ3n) is 2.95.